The van der Waals surface area contributed by atoms with Gasteiger partial charge in [-0.1, -0.05) is 0 Å². The molecule has 2 aromatic rings. The molecule has 19 heavy (non-hydrogen) atoms. The van der Waals surface area contributed by atoms with Crippen molar-refractivity contribution in [2.75, 3.05) is 20.0 Å². The van der Waals surface area contributed by atoms with Gasteiger partial charge in [-0.25, -0.2) is 0 Å². The van der Waals surface area contributed by atoms with Crippen molar-refractivity contribution in [1.29, 1.82) is 0 Å². The van der Waals surface area contributed by atoms with E-state index in [0.29, 0.717) is 17.3 Å². The number of ether oxygens (including phenoxy) is 2. The largest absolute Gasteiger partial charge is 0.493 e. The minimum Gasteiger partial charge on any atom is -0.493 e. The van der Waals surface area contributed by atoms with E-state index in [2.05, 4.69) is 21.0 Å². The number of halogens is 1. The Kier molecular flexibility index (Phi) is 3.71. The van der Waals surface area contributed by atoms with Gasteiger partial charge in [0.25, 0.3) is 0 Å². The Hall–Kier alpha value is -1.69. The van der Waals surface area contributed by atoms with Crippen molar-refractivity contribution in [3.63, 3.8) is 0 Å². The van der Waals surface area contributed by atoms with Gasteiger partial charge in [-0.2, -0.15) is 5.10 Å². The van der Waals surface area contributed by atoms with Crippen molar-refractivity contribution in [2.24, 2.45) is 7.05 Å². The Balaban J connectivity index is 2.70. The van der Waals surface area contributed by atoms with Crippen molar-refractivity contribution in [2.45, 2.75) is 6.92 Å². The number of nitrogens with two attached hydrogens (primary N) is 1. The molecular weight excluding hydrogens is 310 g/mol. The molecule has 0 aliphatic rings. The number of aryl methyl sites for hydroxylation is 2. The molecule has 0 spiro atoms. The normalized spacial score (nSPS) is 10.6. The minimum absolute atomic E-state index is 0.607. The number of hydrogen-bond acceptors (Lipinski definition) is 4. The molecule has 2 rings (SSSR count). The fourth-order valence-corrected chi connectivity index (χ4v) is 2.86. The highest BCUT2D eigenvalue weighted by atomic mass is 79.9. The van der Waals surface area contributed by atoms with Crippen LogP contribution in [0, 0.1) is 6.92 Å². The van der Waals surface area contributed by atoms with Crippen LogP contribution < -0.4 is 15.2 Å². The second-order valence-electron chi connectivity index (χ2n) is 4.20. The zero-order chi connectivity index (χ0) is 14.2. The lowest BCUT2D eigenvalue weighted by Gasteiger charge is -2.14. The fourth-order valence-electron chi connectivity index (χ4n) is 1.99. The zero-order valence-corrected chi connectivity index (χ0v) is 12.9. The highest BCUT2D eigenvalue weighted by Crippen LogP contribution is 2.44. The Morgan fingerprint density at radius 2 is 1.95 bits per heavy atom. The van der Waals surface area contributed by atoms with Crippen LogP contribution in [0.25, 0.3) is 11.3 Å². The van der Waals surface area contributed by atoms with Crippen molar-refractivity contribution >= 4 is 21.7 Å². The van der Waals surface area contributed by atoms with E-state index in [9.17, 15) is 0 Å². The van der Waals surface area contributed by atoms with E-state index in [1.54, 1.807) is 18.9 Å². The van der Waals surface area contributed by atoms with Gasteiger partial charge in [-0.15, -0.1) is 0 Å². The second-order valence-corrected chi connectivity index (χ2v) is 4.99. The molecule has 0 aliphatic carbocycles. The van der Waals surface area contributed by atoms with Crippen LogP contribution in [0.15, 0.2) is 16.6 Å². The molecule has 102 valence electrons. The molecular formula is C13H16BrN3O2. The van der Waals surface area contributed by atoms with Gasteiger partial charge in [0.2, 0.25) is 0 Å². The number of anilines is 1. The van der Waals surface area contributed by atoms with E-state index in [1.165, 1.54) is 0 Å². The Labute approximate surface area is 120 Å². The van der Waals surface area contributed by atoms with E-state index in [1.807, 2.05) is 26.1 Å². The lowest BCUT2D eigenvalue weighted by Crippen LogP contribution is -1.98. The average molecular weight is 326 g/mol. The Morgan fingerprint density at radius 1 is 1.26 bits per heavy atom. The molecule has 6 heteroatoms. The topological polar surface area (TPSA) is 62.3 Å². The summed E-state index contributed by atoms with van der Waals surface area (Å²) in [7, 11) is 5.03. The summed E-state index contributed by atoms with van der Waals surface area (Å²) in [6.07, 6.45) is 0. The maximum Gasteiger partial charge on any atom is 0.175 e. The summed E-state index contributed by atoms with van der Waals surface area (Å²) in [5, 5.41) is 4.40. The van der Waals surface area contributed by atoms with Gasteiger partial charge in [-0.05, 0) is 34.5 Å². The standard InChI is InChI=1S/C13H16BrN3O2/c1-7-5-9(18-3)13(19-4)12(14)11(7)8-6-10(15)17(2)16-8/h5-6H,15H2,1-4H3. The van der Waals surface area contributed by atoms with Gasteiger partial charge in [0.15, 0.2) is 11.5 Å². The number of benzene rings is 1. The van der Waals surface area contributed by atoms with Crippen molar-refractivity contribution < 1.29 is 9.47 Å². The van der Waals surface area contributed by atoms with Crippen molar-refractivity contribution in [1.82, 2.24) is 9.78 Å². The first-order valence-electron chi connectivity index (χ1n) is 5.70. The highest BCUT2D eigenvalue weighted by molar-refractivity contribution is 9.10. The van der Waals surface area contributed by atoms with Crippen LogP contribution in [0.3, 0.4) is 0 Å². The van der Waals surface area contributed by atoms with Crippen molar-refractivity contribution in [3.8, 4) is 22.8 Å². The molecule has 0 aliphatic heterocycles. The molecule has 0 fully saturated rings. The minimum atomic E-state index is 0.607. The molecule has 5 nitrogen and oxygen atoms in total. The smallest absolute Gasteiger partial charge is 0.175 e. The first-order chi connectivity index (χ1) is 8.99. The van der Waals surface area contributed by atoms with Crippen LogP contribution in [-0.2, 0) is 7.05 Å². The molecule has 0 atom stereocenters. The van der Waals surface area contributed by atoms with Gasteiger partial charge in [0.05, 0.1) is 24.4 Å². The first-order valence-corrected chi connectivity index (χ1v) is 6.49. The Bertz CT molecular complexity index is 603. The number of nitrogens with zero attached hydrogens (tertiary/aromatic N) is 2. The summed E-state index contributed by atoms with van der Waals surface area (Å²) in [4.78, 5) is 0. The fraction of sp³-hybridized carbons (Fsp3) is 0.308. The molecule has 0 bridgehead atoms. The third-order valence-corrected chi connectivity index (χ3v) is 3.74. The summed E-state index contributed by atoms with van der Waals surface area (Å²) in [6, 6.07) is 3.75. The quantitative estimate of drug-likeness (QED) is 0.942. The lowest BCUT2D eigenvalue weighted by atomic mass is 10.0. The van der Waals surface area contributed by atoms with Crippen LogP contribution in [0.4, 0.5) is 5.82 Å². The maximum absolute atomic E-state index is 5.83. The van der Waals surface area contributed by atoms with Crippen LogP contribution in [0.1, 0.15) is 5.56 Å². The molecule has 1 heterocycles. The Morgan fingerprint density at radius 3 is 2.42 bits per heavy atom. The van der Waals surface area contributed by atoms with Crippen LogP contribution >= 0.6 is 15.9 Å². The molecule has 0 saturated carbocycles. The molecule has 0 amide bonds. The summed E-state index contributed by atoms with van der Waals surface area (Å²) >= 11 is 3.56. The van der Waals surface area contributed by atoms with E-state index < -0.39 is 0 Å². The highest BCUT2D eigenvalue weighted by Gasteiger charge is 2.19. The van der Waals surface area contributed by atoms with Crippen LogP contribution in [0.2, 0.25) is 0 Å². The van der Waals surface area contributed by atoms with Gasteiger partial charge in [-0.3, -0.25) is 4.68 Å². The maximum atomic E-state index is 5.83. The lowest BCUT2D eigenvalue weighted by molar-refractivity contribution is 0.353. The molecule has 0 unspecified atom stereocenters. The number of nitrogen functional groups attached to an aromatic ring is 1. The third kappa shape index (κ3) is 2.28. The number of aromatic nitrogens is 2. The number of rotatable bonds is 3. The van der Waals surface area contributed by atoms with E-state index in [0.717, 1.165) is 21.3 Å². The van der Waals surface area contributed by atoms with Crippen molar-refractivity contribution in [3.05, 3.63) is 22.2 Å². The van der Waals surface area contributed by atoms with Gasteiger partial charge in [0, 0.05) is 18.7 Å². The third-order valence-electron chi connectivity index (χ3n) is 2.98. The molecule has 0 radical (unpaired) electrons. The predicted molar refractivity (Wildman–Crippen MR) is 78.6 cm³/mol. The zero-order valence-electron chi connectivity index (χ0n) is 11.3. The summed E-state index contributed by atoms with van der Waals surface area (Å²) in [6.45, 7) is 1.99. The van der Waals surface area contributed by atoms with E-state index in [-0.39, 0.29) is 0 Å². The van der Waals surface area contributed by atoms with Gasteiger partial charge in [0.1, 0.15) is 5.82 Å². The molecule has 2 N–H and O–H groups in total. The summed E-state index contributed by atoms with van der Waals surface area (Å²) in [5.74, 6) is 1.93. The van der Waals surface area contributed by atoms with E-state index in [4.69, 9.17) is 15.2 Å². The summed E-state index contributed by atoms with van der Waals surface area (Å²) < 4.78 is 13.1. The van der Waals surface area contributed by atoms with E-state index >= 15 is 0 Å². The van der Waals surface area contributed by atoms with Gasteiger partial charge >= 0.3 is 0 Å². The SMILES string of the molecule is COc1cc(C)c(-c2cc(N)n(C)n2)c(Br)c1OC. The summed E-state index contributed by atoms with van der Waals surface area (Å²) in [5.41, 5.74) is 8.61. The van der Waals surface area contributed by atoms with Crippen LogP contribution in [-0.4, -0.2) is 24.0 Å². The molecule has 1 aromatic carbocycles. The molecule has 0 saturated heterocycles. The average Bonchev–Trinajstić information content (AvgIpc) is 2.68. The second kappa shape index (κ2) is 5.13. The number of methoxy groups -OCH3 is 2. The first kappa shape index (κ1) is 13.7. The molecule has 1 aromatic heterocycles. The van der Waals surface area contributed by atoms with Crippen LogP contribution in [0.5, 0.6) is 11.5 Å². The van der Waals surface area contributed by atoms with Gasteiger partial charge < -0.3 is 15.2 Å². The predicted octanol–water partition coefficient (Wildman–Crippen LogP) is 2.76. The number of hydrogen-bond donors (Lipinski definition) is 1. The monoisotopic (exact) mass is 325 g/mol.